The van der Waals surface area contributed by atoms with Crippen molar-refractivity contribution >= 4 is 23.1 Å². The van der Waals surface area contributed by atoms with Crippen molar-refractivity contribution in [3.8, 4) is 0 Å². The van der Waals surface area contributed by atoms with E-state index in [9.17, 15) is 13.2 Å². The lowest BCUT2D eigenvalue weighted by atomic mass is 10.1. The molecule has 1 aromatic heterocycles. The van der Waals surface area contributed by atoms with E-state index in [1.807, 2.05) is 36.4 Å². The molecule has 0 fully saturated rings. The number of nitrogens with zero attached hydrogens (tertiary/aromatic N) is 2. The number of unbranched alkanes of at least 4 members (excludes halogenated alkanes) is 5. The molecule has 3 rings (SSSR count). The Kier molecular flexibility index (Phi) is 9.94. The van der Waals surface area contributed by atoms with Crippen LogP contribution in [0.15, 0.2) is 54.7 Å². The number of benzene rings is 2. The van der Waals surface area contributed by atoms with Gasteiger partial charge in [-0.2, -0.15) is 18.2 Å². The Morgan fingerprint density at radius 1 is 0.686 bits per heavy atom. The Hall–Kier alpha value is -3.09. The zero-order valence-corrected chi connectivity index (χ0v) is 20.6. The van der Waals surface area contributed by atoms with E-state index in [-0.39, 0.29) is 11.8 Å². The number of hydrogen-bond acceptors (Lipinski definition) is 4. The number of rotatable bonds is 13. The van der Waals surface area contributed by atoms with Gasteiger partial charge in [0.15, 0.2) is 0 Å². The van der Waals surface area contributed by atoms with Gasteiger partial charge in [-0.3, -0.25) is 0 Å². The molecule has 0 radical (unpaired) electrons. The van der Waals surface area contributed by atoms with Crippen molar-refractivity contribution in [1.82, 2.24) is 9.97 Å². The van der Waals surface area contributed by atoms with E-state index in [2.05, 4.69) is 34.4 Å². The molecule has 0 aliphatic rings. The minimum absolute atomic E-state index is 0.103. The molecule has 0 saturated heterocycles. The molecular weight excluding hydrogens is 449 g/mol. The van der Waals surface area contributed by atoms with E-state index in [0.717, 1.165) is 37.6 Å². The second-order valence-electron chi connectivity index (χ2n) is 8.87. The summed E-state index contributed by atoms with van der Waals surface area (Å²) in [6.07, 6.45) is 6.42. The van der Waals surface area contributed by atoms with Crippen LogP contribution >= 0.6 is 0 Å². The number of halogens is 3. The molecule has 0 atom stereocenters. The first-order valence-corrected chi connectivity index (χ1v) is 12.5. The standard InChI is InChI=1S/C28H35F3N4/c1-3-5-7-9-11-22-12-16-23(17-13-22)33-26-25(28(29,30)31)20-32-27(35-26)34-24-18-14-21(15-19-24)10-8-6-4-2/h12-20H,3-11H2,1-2H3,(H2,32,33,34,35). The zero-order valence-electron chi connectivity index (χ0n) is 20.6. The first kappa shape index (κ1) is 26.5. The summed E-state index contributed by atoms with van der Waals surface area (Å²) in [5, 5.41) is 5.85. The van der Waals surface area contributed by atoms with Crippen LogP contribution in [-0.2, 0) is 19.0 Å². The van der Waals surface area contributed by atoms with Crippen LogP contribution in [-0.4, -0.2) is 9.97 Å². The molecule has 0 aliphatic carbocycles. The molecule has 4 nitrogen and oxygen atoms in total. The minimum atomic E-state index is -4.57. The SMILES string of the molecule is CCCCCCc1ccc(Nc2nc(Nc3ccc(CCCCC)cc3)ncc2C(F)(F)F)cc1. The highest BCUT2D eigenvalue weighted by atomic mass is 19.4. The predicted octanol–water partition coefficient (Wildman–Crippen LogP) is 8.84. The van der Waals surface area contributed by atoms with Crippen LogP contribution < -0.4 is 10.6 Å². The largest absolute Gasteiger partial charge is 0.421 e. The fraction of sp³-hybridized carbons (Fsp3) is 0.429. The smallest absolute Gasteiger partial charge is 0.340 e. The molecule has 2 N–H and O–H groups in total. The highest BCUT2D eigenvalue weighted by Crippen LogP contribution is 2.35. The second-order valence-corrected chi connectivity index (χ2v) is 8.87. The number of hydrogen-bond donors (Lipinski definition) is 2. The molecular formula is C28H35F3N4. The van der Waals surface area contributed by atoms with Gasteiger partial charge in [0.05, 0.1) is 0 Å². The van der Waals surface area contributed by atoms with Gasteiger partial charge in [0.1, 0.15) is 11.4 Å². The normalized spacial score (nSPS) is 11.5. The van der Waals surface area contributed by atoms with Crippen LogP contribution in [0.4, 0.5) is 36.3 Å². The fourth-order valence-corrected chi connectivity index (χ4v) is 3.86. The predicted molar refractivity (Wildman–Crippen MR) is 138 cm³/mol. The van der Waals surface area contributed by atoms with E-state index in [1.165, 1.54) is 43.2 Å². The van der Waals surface area contributed by atoms with E-state index >= 15 is 0 Å². The zero-order chi connectivity index (χ0) is 25.1. The lowest BCUT2D eigenvalue weighted by Crippen LogP contribution is -2.12. The Balaban J connectivity index is 1.71. The summed E-state index contributed by atoms with van der Waals surface area (Å²) >= 11 is 0. The number of alkyl halides is 3. The molecule has 0 bridgehead atoms. The van der Waals surface area contributed by atoms with Crippen molar-refractivity contribution in [3.63, 3.8) is 0 Å². The third-order valence-electron chi connectivity index (χ3n) is 5.91. The molecule has 0 aliphatic heterocycles. The molecule has 35 heavy (non-hydrogen) atoms. The maximum atomic E-state index is 13.6. The van der Waals surface area contributed by atoms with Gasteiger partial charge in [0.25, 0.3) is 0 Å². The van der Waals surface area contributed by atoms with Crippen LogP contribution in [0.5, 0.6) is 0 Å². The second kappa shape index (κ2) is 13.1. The third-order valence-corrected chi connectivity index (χ3v) is 5.91. The molecule has 1 heterocycles. The summed E-state index contributed by atoms with van der Waals surface area (Å²) < 4.78 is 40.8. The molecule has 0 saturated carbocycles. The molecule has 0 unspecified atom stereocenters. The highest BCUT2D eigenvalue weighted by Gasteiger charge is 2.35. The van der Waals surface area contributed by atoms with E-state index in [4.69, 9.17) is 0 Å². The van der Waals surface area contributed by atoms with Gasteiger partial charge in [-0.05, 0) is 61.1 Å². The maximum absolute atomic E-state index is 13.6. The van der Waals surface area contributed by atoms with Crippen molar-refractivity contribution in [3.05, 3.63) is 71.4 Å². The molecule has 2 aromatic carbocycles. The molecule has 188 valence electrons. The molecule has 7 heteroatoms. The van der Waals surface area contributed by atoms with Gasteiger partial charge >= 0.3 is 6.18 Å². The highest BCUT2D eigenvalue weighted by molar-refractivity contribution is 5.63. The Morgan fingerprint density at radius 2 is 1.20 bits per heavy atom. The third kappa shape index (κ3) is 8.57. The van der Waals surface area contributed by atoms with Gasteiger partial charge in [0.2, 0.25) is 5.95 Å². The number of anilines is 4. The lowest BCUT2D eigenvalue weighted by molar-refractivity contribution is -0.137. The van der Waals surface area contributed by atoms with Gasteiger partial charge < -0.3 is 10.6 Å². The summed E-state index contributed by atoms with van der Waals surface area (Å²) in [7, 11) is 0. The van der Waals surface area contributed by atoms with Crippen LogP contribution in [0.3, 0.4) is 0 Å². The summed E-state index contributed by atoms with van der Waals surface area (Å²) in [6.45, 7) is 4.35. The Labute approximate surface area is 206 Å². The quantitative estimate of drug-likeness (QED) is 0.238. The van der Waals surface area contributed by atoms with Gasteiger partial charge in [0, 0.05) is 17.6 Å². The van der Waals surface area contributed by atoms with Gasteiger partial charge in [-0.15, -0.1) is 0 Å². The Morgan fingerprint density at radius 3 is 1.74 bits per heavy atom. The molecule has 0 amide bonds. The number of aryl methyl sites for hydroxylation is 2. The fourth-order valence-electron chi connectivity index (χ4n) is 3.86. The Bertz CT molecular complexity index is 1030. The summed E-state index contributed by atoms with van der Waals surface area (Å²) in [5.74, 6) is -0.173. The van der Waals surface area contributed by atoms with E-state index in [1.54, 1.807) is 12.1 Å². The summed E-state index contributed by atoms with van der Waals surface area (Å²) in [5.41, 5.74) is 2.77. The first-order valence-electron chi connectivity index (χ1n) is 12.5. The number of nitrogens with one attached hydrogen (secondary N) is 2. The van der Waals surface area contributed by atoms with Crippen LogP contribution in [0.1, 0.15) is 75.5 Å². The monoisotopic (exact) mass is 484 g/mol. The molecule has 0 spiro atoms. The van der Waals surface area contributed by atoms with Crippen LogP contribution in [0.2, 0.25) is 0 Å². The molecule has 3 aromatic rings. The van der Waals surface area contributed by atoms with Gasteiger partial charge in [-0.25, -0.2) is 4.98 Å². The average molecular weight is 485 g/mol. The van der Waals surface area contributed by atoms with Crippen molar-refractivity contribution < 1.29 is 13.2 Å². The first-order chi connectivity index (χ1) is 16.9. The van der Waals surface area contributed by atoms with Crippen LogP contribution in [0.25, 0.3) is 0 Å². The van der Waals surface area contributed by atoms with E-state index in [0.29, 0.717) is 5.69 Å². The maximum Gasteiger partial charge on any atom is 0.421 e. The summed E-state index contributed by atoms with van der Waals surface area (Å²) in [4.78, 5) is 8.06. The lowest BCUT2D eigenvalue weighted by Gasteiger charge is -2.15. The topological polar surface area (TPSA) is 49.8 Å². The summed E-state index contributed by atoms with van der Waals surface area (Å²) in [6, 6.07) is 15.3. The minimum Gasteiger partial charge on any atom is -0.340 e. The van der Waals surface area contributed by atoms with Crippen molar-refractivity contribution in [2.24, 2.45) is 0 Å². The van der Waals surface area contributed by atoms with Crippen LogP contribution in [0, 0.1) is 0 Å². The number of aromatic nitrogens is 2. The van der Waals surface area contributed by atoms with Gasteiger partial charge in [-0.1, -0.05) is 70.2 Å². The van der Waals surface area contributed by atoms with Crippen molar-refractivity contribution in [2.75, 3.05) is 10.6 Å². The van der Waals surface area contributed by atoms with Crippen molar-refractivity contribution in [2.45, 2.75) is 77.8 Å². The average Bonchev–Trinajstić information content (AvgIpc) is 2.83. The van der Waals surface area contributed by atoms with E-state index < -0.39 is 11.7 Å². The van der Waals surface area contributed by atoms with Crippen molar-refractivity contribution in [1.29, 1.82) is 0 Å².